The first-order valence-corrected chi connectivity index (χ1v) is 8.24. The van der Waals surface area contributed by atoms with Crippen LogP contribution in [0.5, 0.6) is 0 Å². The second-order valence-corrected chi connectivity index (χ2v) is 6.15. The normalized spacial score (nSPS) is 11.4. The van der Waals surface area contributed by atoms with Gasteiger partial charge in [-0.2, -0.15) is 5.10 Å². The summed E-state index contributed by atoms with van der Waals surface area (Å²) in [5.41, 5.74) is 3.74. The van der Waals surface area contributed by atoms with E-state index in [0.29, 0.717) is 11.5 Å². The van der Waals surface area contributed by atoms with E-state index in [1.165, 1.54) is 16.9 Å². The molecule has 0 aliphatic carbocycles. The summed E-state index contributed by atoms with van der Waals surface area (Å²) >= 11 is 1.44. The Hall–Kier alpha value is -2.44. The highest BCUT2D eigenvalue weighted by Gasteiger charge is 2.18. The van der Waals surface area contributed by atoms with E-state index in [9.17, 15) is 5.11 Å². The zero-order valence-electron chi connectivity index (χ0n) is 12.6. The molecule has 1 aromatic carbocycles. The molecule has 0 saturated carbocycles. The van der Waals surface area contributed by atoms with E-state index in [1.807, 2.05) is 24.3 Å². The minimum Gasteiger partial charge on any atom is -0.462 e. The summed E-state index contributed by atoms with van der Waals surface area (Å²) in [4.78, 5) is 5.40. The van der Waals surface area contributed by atoms with Crippen molar-refractivity contribution in [3.05, 3.63) is 53.9 Å². The Morgan fingerprint density at radius 3 is 2.70 bits per heavy atom. The maximum atomic E-state index is 9.79. The van der Waals surface area contributed by atoms with Crippen LogP contribution in [0.1, 0.15) is 18.2 Å². The molecule has 5 nitrogen and oxygen atoms in total. The van der Waals surface area contributed by atoms with Crippen molar-refractivity contribution in [3.8, 4) is 22.0 Å². The molecular weight excluding hydrogens is 310 g/mol. The molecule has 0 atom stereocenters. The van der Waals surface area contributed by atoms with Crippen LogP contribution >= 0.6 is 11.3 Å². The quantitative estimate of drug-likeness (QED) is 0.620. The number of aromatic nitrogens is 3. The molecule has 3 heterocycles. The molecule has 6 heteroatoms. The molecule has 4 aromatic rings. The lowest BCUT2D eigenvalue weighted by atomic mass is 10.1. The monoisotopic (exact) mass is 325 g/mol. The van der Waals surface area contributed by atoms with Gasteiger partial charge >= 0.3 is 0 Å². The topological polar surface area (TPSA) is 63.6 Å². The average molecular weight is 325 g/mol. The van der Waals surface area contributed by atoms with Gasteiger partial charge in [0.25, 0.3) is 0 Å². The number of rotatable bonds is 4. The van der Waals surface area contributed by atoms with Gasteiger partial charge in [0.2, 0.25) is 4.96 Å². The number of aliphatic hydroxyl groups is 1. The second kappa shape index (κ2) is 5.64. The number of imidazole rings is 1. The number of aliphatic hydroxyl groups excluding tert-OH is 1. The smallest absolute Gasteiger partial charge is 0.213 e. The lowest BCUT2D eigenvalue weighted by Gasteiger charge is -2.02. The zero-order valence-corrected chi connectivity index (χ0v) is 13.4. The van der Waals surface area contributed by atoms with Gasteiger partial charge in [-0.05, 0) is 24.1 Å². The molecule has 0 aliphatic rings. The molecule has 116 valence electrons. The van der Waals surface area contributed by atoms with E-state index in [4.69, 9.17) is 4.42 Å². The Labute approximate surface area is 136 Å². The Bertz CT molecular complexity index is 936. The molecule has 0 amide bonds. The first-order chi connectivity index (χ1) is 11.3. The SMILES string of the molecule is CCc1ccc(-c2nc3sc(-c4ccco4)nn3c2CO)cc1. The maximum Gasteiger partial charge on any atom is 0.213 e. The van der Waals surface area contributed by atoms with Crippen LogP contribution in [0.2, 0.25) is 0 Å². The lowest BCUT2D eigenvalue weighted by molar-refractivity contribution is 0.275. The number of benzene rings is 1. The highest BCUT2D eigenvalue weighted by Crippen LogP contribution is 2.31. The Morgan fingerprint density at radius 2 is 2.04 bits per heavy atom. The molecule has 4 rings (SSSR count). The van der Waals surface area contributed by atoms with Crippen LogP contribution in [0.3, 0.4) is 0 Å². The van der Waals surface area contributed by atoms with E-state index in [2.05, 4.69) is 29.1 Å². The fourth-order valence-electron chi connectivity index (χ4n) is 2.56. The van der Waals surface area contributed by atoms with Crippen LogP contribution in [-0.2, 0) is 13.0 Å². The summed E-state index contributed by atoms with van der Waals surface area (Å²) in [7, 11) is 0. The molecule has 0 saturated heterocycles. The Morgan fingerprint density at radius 1 is 1.22 bits per heavy atom. The third kappa shape index (κ3) is 2.36. The molecule has 0 unspecified atom stereocenters. The molecule has 0 bridgehead atoms. The van der Waals surface area contributed by atoms with Crippen molar-refractivity contribution in [2.75, 3.05) is 0 Å². The molecule has 1 N–H and O–H groups in total. The van der Waals surface area contributed by atoms with Crippen molar-refractivity contribution in [3.63, 3.8) is 0 Å². The van der Waals surface area contributed by atoms with Crippen molar-refractivity contribution in [1.29, 1.82) is 0 Å². The third-order valence-corrected chi connectivity index (χ3v) is 4.74. The minimum atomic E-state index is -0.118. The van der Waals surface area contributed by atoms with E-state index in [1.54, 1.807) is 10.8 Å². The van der Waals surface area contributed by atoms with Crippen molar-refractivity contribution in [2.24, 2.45) is 0 Å². The summed E-state index contributed by atoms with van der Waals surface area (Å²) in [5.74, 6) is 0.707. The minimum absolute atomic E-state index is 0.118. The number of aryl methyl sites for hydroxylation is 1. The third-order valence-electron chi connectivity index (χ3n) is 3.81. The summed E-state index contributed by atoms with van der Waals surface area (Å²) in [5, 5.41) is 15.1. The summed E-state index contributed by atoms with van der Waals surface area (Å²) in [6.45, 7) is 2.01. The predicted molar refractivity (Wildman–Crippen MR) is 89.3 cm³/mol. The molecule has 0 spiro atoms. The lowest BCUT2D eigenvalue weighted by Crippen LogP contribution is -1.95. The molecular formula is C17H15N3O2S. The van der Waals surface area contributed by atoms with Crippen molar-refractivity contribution < 1.29 is 9.52 Å². The largest absolute Gasteiger partial charge is 0.462 e. The van der Waals surface area contributed by atoms with Crippen molar-refractivity contribution in [1.82, 2.24) is 14.6 Å². The van der Waals surface area contributed by atoms with Crippen LogP contribution in [-0.4, -0.2) is 19.7 Å². The van der Waals surface area contributed by atoms with E-state index < -0.39 is 0 Å². The van der Waals surface area contributed by atoms with Gasteiger partial charge in [0.05, 0.1) is 24.3 Å². The molecule has 0 fully saturated rings. The number of furan rings is 1. The molecule has 0 aliphatic heterocycles. The van der Waals surface area contributed by atoms with Gasteiger partial charge in [0, 0.05) is 5.56 Å². The standard InChI is InChI=1S/C17H15N3O2S/c1-2-11-5-7-12(8-6-11)15-13(10-21)20-17(18-15)23-16(19-20)14-4-3-9-22-14/h3-9,21H,2,10H2,1H3. The second-order valence-electron chi connectivity index (χ2n) is 5.19. The van der Waals surface area contributed by atoms with Gasteiger partial charge in [-0.25, -0.2) is 9.50 Å². The Kier molecular flexibility index (Phi) is 3.48. The van der Waals surface area contributed by atoms with E-state index in [0.717, 1.165) is 27.6 Å². The number of hydrogen-bond acceptors (Lipinski definition) is 5. The number of hydrogen-bond donors (Lipinski definition) is 1. The van der Waals surface area contributed by atoms with Crippen LogP contribution in [0.25, 0.3) is 27.0 Å². The van der Waals surface area contributed by atoms with Crippen LogP contribution in [0.4, 0.5) is 0 Å². The van der Waals surface area contributed by atoms with Crippen LogP contribution in [0.15, 0.2) is 47.1 Å². The first-order valence-electron chi connectivity index (χ1n) is 7.42. The Balaban J connectivity index is 1.82. The van der Waals surface area contributed by atoms with Gasteiger partial charge in [-0.3, -0.25) is 0 Å². The van der Waals surface area contributed by atoms with Gasteiger partial charge in [-0.1, -0.05) is 42.5 Å². The van der Waals surface area contributed by atoms with Gasteiger partial charge < -0.3 is 9.52 Å². The van der Waals surface area contributed by atoms with E-state index >= 15 is 0 Å². The van der Waals surface area contributed by atoms with Crippen LogP contribution < -0.4 is 0 Å². The highest BCUT2D eigenvalue weighted by molar-refractivity contribution is 7.19. The molecule has 3 aromatic heterocycles. The number of nitrogens with zero attached hydrogens (tertiary/aromatic N) is 3. The van der Waals surface area contributed by atoms with Gasteiger partial charge in [-0.15, -0.1) is 0 Å². The first kappa shape index (κ1) is 14.2. The number of fused-ring (bicyclic) bond motifs is 1. The van der Waals surface area contributed by atoms with Crippen molar-refractivity contribution >= 4 is 16.3 Å². The fraction of sp³-hybridized carbons (Fsp3) is 0.176. The zero-order chi connectivity index (χ0) is 15.8. The molecule has 23 heavy (non-hydrogen) atoms. The van der Waals surface area contributed by atoms with Gasteiger partial charge in [0.15, 0.2) is 10.8 Å². The average Bonchev–Trinajstić information content (AvgIpc) is 3.29. The van der Waals surface area contributed by atoms with Crippen LogP contribution in [0, 0.1) is 0 Å². The molecule has 0 radical (unpaired) electrons. The summed E-state index contributed by atoms with van der Waals surface area (Å²) in [6, 6.07) is 11.9. The summed E-state index contributed by atoms with van der Waals surface area (Å²) in [6.07, 6.45) is 2.62. The van der Waals surface area contributed by atoms with Gasteiger partial charge in [0.1, 0.15) is 0 Å². The summed E-state index contributed by atoms with van der Waals surface area (Å²) < 4.78 is 7.08. The fourth-order valence-corrected chi connectivity index (χ4v) is 3.45. The highest BCUT2D eigenvalue weighted by atomic mass is 32.1. The maximum absolute atomic E-state index is 9.79. The van der Waals surface area contributed by atoms with E-state index in [-0.39, 0.29) is 6.61 Å². The van der Waals surface area contributed by atoms with Crippen molar-refractivity contribution in [2.45, 2.75) is 20.0 Å². The predicted octanol–water partition coefficient (Wildman–Crippen LogP) is 3.77.